The van der Waals surface area contributed by atoms with Crippen LogP contribution in [0, 0.1) is 0 Å². The minimum Gasteiger partial charge on any atom is -0.423 e. The maximum Gasteiger partial charge on any atom is 0.573 e. The number of halogens is 4. The van der Waals surface area contributed by atoms with Crippen molar-refractivity contribution in [2.45, 2.75) is 6.36 Å². The van der Waals surface area contributed by atoms with Gasteiger partial charge in [0.1, 0.15) is 5.75 Å². The Morgan fingerprint density at radius 1 is 1.21 bits per heavy atom. The van der Waals surface area contributed by atoms with Crippen LogP contribution in [0.4, 0.5) is 13.2 Å². The molecule has 0 aliphatic heterocycles. The highest BCUT2D eigenvalue weighted by atomic mass is 35.5. The fourth-order valence-corrected chi connectivity index (χ4v) is 1.58. The van der Waals surface area contributed by atoms with Gasteiger partial charge in [0.05, 0.1) is 5.52 Å². The quantitative estimate of drug-likeness (QED) is 0.818. The Labute approximate surface area is 112 Å². The fourth-order valence-electron chi connectivity index (χ4n) is 1.58. The van der Waals surface area contributed by atoms with Gasteiger partial charge in [-0.25, -0.2) is 0 Å². The number of ether oxygens (including phenoxy) is 1. The molecule has 2 rings (SSSR count). The number of fused-ring (bicyclic) bond motifs is 1. The zero-order valence-electron chi connectivity index (χ0n) is 9.26. The molecular weight excluding hydrogens is 285 g/mol. The van der Waals surface area contributed by atoms with Gasteiger partial charge < -0.3 is 14.8 Å². The van der Waals surface area contributed by atoms with E-state index in [2.05, 4.69) is 9.72 Å². The van der Waals surface area contributed by atoms with Gasteiger partial charge in [0.2, 0.25) is 0 Å². The molecule has 0 bridgehead atoms. The zero-order valence-corrected chi connectivity index (χ0v) is 10.1. The van der Waals surface area contributed by atoms with E-state index >= 15 is 0 Å². The predicted octanol–water partition coefficient (Wildman–Crippen LogP) is 1.23. The van der Waals surface area contributed by atoms with Crippen molar-refractivity contribution in [3.8, 4) is 5.75 Å². The van der Waals surface area contributed by atoms with Crippen LogP contribution in [0.25, 0.3) is 10.9 Å². The lowest BCUT2D eigenvalue weighted by atomic mass is 9.78. The number of rotatable bonds is 2. The molecule has 1 aromatic heterocycles. The molecule has 9 heteroatoms. The maximum atomic E-state index is 12.1. The molecule has 0 saturated heterocycles. The molecule has 0 aliphatic carbocycles. The molecule has 0 unspecified atom stereocenters. The Bertz CT molecular complexity index is 579. The summed E-state index contributed by atoms with van der Waals surface area (Å²) in [5.41, 5.74) is 0.0642. The Morgan fingerprint density at radius 3 is 2.47 bits per heavy atom. The van der Waals surface area contributed by atoms with Crippen LogP contribution in [0.2, 0.25) is 0 Å². The SMILES string of the molecule is Cl.OB(O)c1cc(OC(F)(F)F)cc2cccnc12. The van der Waals surface area contributed by atoms with Crippen LogP contribution in [-0.4, -0.2) is 28.5 Å². The molecular formula is C10H8BClF3NO3. The van der Waals surface area contributed by atoms with Crippen molar-refractivity contribution in [1.29, 1.82) is 0 Å². The summed E-state index contributed by atoms with van der Waals surface area (Å²) in [4.78, 5) is 3.88. The number of aromatic nitrogens is 1. The van der Waals surface area contributed by atoms with E-state index in [4.69, 9.17) is 10.0 Å². The summed E-state index contributed by atoms with van der Waals surface area (Å²) in [5, 5.41) is 18.6. The molecule has 2 N–H and O–H groups in total. The molecule has 4 nitrogen and oxygen atoms in total. The normalized spacial score (nSPS) is 11.0. The molecule has 102 valence electrons. The Balaban J connectivity index is 0.00000180. The first kappa shape index (κ1) is 15.6. The van der Waals surface area contributed by atoms with Crippen molar-refractivity contribution in [2.75, 3.05) is 0 Å². The van der Waals surface area contributed by atoms with E-state index in [0.717, 1.165) is 12.1 Å². The van der Waals surface area contributed by atoms with Gasteiger partial charge in [-0.1, -0.05) is 6.07 Å². The Morgan fingerprint density at radius 2 is 1.89 bits per heavy atom. The molecule has 1 heterocycles. The number of hydrogen-bond donors (Lipinski definition) is 2. The van der Waals surface area contributed by atoms with E-state index in [1.54, 1.807) is 0 Å². The highest BCUT2D eigenvalue weighted by Crippen LogP contribution is 2.24. The van der Waals surface area contributed by atoms with E-state index in [9.17, 15) is 13.2 Å². The third kappa shape index (κ3) is 3.73. The van der Waals surface area contributed by atoms with E-state index in [0.29, 0.717) is 5.39 Å². The Kier molecular flexibility index (Phi) is 4.62. The molecule has 0 amide bonds. The summed E-state index contributed by atoms with van der Waals surface area (Å²) in [6.07, 6.45) is -3.44. The third-order valence-corrected chi connectivity index (χ3v) is 2.22. The summed E-state index contributed by atoms with van der Waals surface area (Å²) in [6, 6.07) is 5.04. The number of hydrogen-bond acceptors (Lipinski definition) is 4. The van der Waals surface area contributed by atoms with Crippen LogP contribution in [-0.2, 0) is 0 Å². The van der Waals surface area contributed by atoms with Gasteiger partial charge in [-0.05, 0) is 18.2 Å². The van der Waals surface area contributed by atoms with E-state index in [1.807, 2.05) is 0 Å². The molecule has 2 aromatic rings. The molecule has 19 heavy (non-hydrogen) atoms. The number of alkyl halides is 3. The second-order valence-corrected chi connectivity index (χ2v) is 3.51. The standard InChI is InChI=1S/C10H7BF3NO3.ClH/c12-10(13,14)18-7-4-6-2-1-3-15-9(6)8(5-7)11(16)17;/h1-5,16-17H;1H. The van der Waals surface area contributed by atoms with Gasteiger partial charge in [0.25, 0.3) is 0 Å². The first-order valence-electron chi connectivity index (χ1n) is 4.87. The lowest BCUT2D eigenvalue weighted by Crippen LogP contribution is -2.31. The molecule has 0 saturated carbocycles. The average molecular weight is 293 g/mol. The van der Waals surface area contributed by atoms with Crippen LogP contribution in [0.5, 0.6) is 5.75 Å². The van der Waals surface area contributed by atoms with Gasteiger partial charge in [0.15, 0.2) is 0 Å². The zero-order chi connectivity index (χ0) is 13.3. The fraction of sp³-hybridized carbons (Fsp3) is 0.100. The molecule has 0 fully saturated rings. The number of pyridine rings is 1. The molecule has 1 aromatic carbocycles. The minimum atomic E-state index is -4.84. The van der Waals surface area contributed by atoms with Gasteiger partial charge in [-0.3, -0.25) is 4.98 Å². The largest absolute Gasteiger partial charge is 0.573 e. The number of nitrogens with zero attached hydrogens (tertiary/aromatic N) is 1. The lowest BCUT2D eigenvalue weighted by Gasteiger charge is -2.12. The smallest absolute Gasteiger partial charge is 0.423 e. The molecule has 0 radical (unpaired) electrons. The topological polar surface area (TPSA) is 62.6 Å². The van der Waals surface area contributed by atoms with Crippen molar-refractivity contribution in [1.82, 2.24) is 4.98 Å². The molecule has 0 aliphatic rings. The third-order valence-electron chi connectivity index (χ3n) is 2.22. The monoisotopic (exact) mass is 293 g/mol. The maximum absolute atomic E-state index is 12.1. The van der Waals surface area contributed by atoms with Crippen molar-refractivity contribution >= 4 is 35.9 Å². The first-order valence-corrected chi connectivity index (χ1v) is 4.87. The lowest BCUT2D eigenvalue weighted by molar-refractivity contribution is -0.274. The van der Waals surface area contributed by atoms with E-state index in [-0.39, 0.29) is 23.4 Å². The van der Waals surface area contributed by atoms with Gasteiger partial charge in [-0.15, -0.1) is 25.6 Å². The summed E-state index contributed by atoms with van der Waals surface area (Å²) >= 11 is 0. The van der Waals surface area contributed by atoms with Crippen LogP contribution < -0.4 is 10.2 Å². The van der Waals surface area contributed by atoms with E-state index < -0.39 is 19.2 Å². The first-order chi connectivity index (χ1) is 8.37. The van der Waals surface area contributed by atoms with Gasteiger partial charge >= 0.3 is 13.5 Å². The molecule has 0 spiro atoms. The van der Waals surface area contributed by atoms with Crippen molar-refractivity contribution in [3.05, 3.63) is 30.5 Å². The summed E-state index contributed by atoms with van der Waals surface area (Å²) in [7, 11) is -1.93. The highest BCUT2D eigenvalue weighted by Gasteiger charge is 2.32. The van der Waals surface area contributed by atoms with Crippen molar-refractivity contribution < 1.29 is 28.0 Å². The second-order valence-electron chi connectivity index (χ2n) is 3.51. The number of benzene rings is 1. The van der Waals surface area contributed by atoms with Crippen LogP contribution in [0.15, 0.2) is 30.5 Å². The van der Waals surface area contributed by atoms with Crippen LogP contribution >= 0.6 is 12.4 Å². The van der Waals surface area contributed by atoms with Crippen LogP contribution in [0.3, 0.4) is 0 Å². The highest BCUT2D eigenvalue weighted by molar-refractivity contribution is 6.61. The second kappa shape index (κ2) is 5.64. The van der Waals surface area contributed by atoms with Gasteiger partial charge in [-0.2, -0.15) is 0 Å². The summed E-state index contributed by atoms with van der Waals surface area (Å²) in [6.45, 7) is 0. The molecule has 0 atom stereocenters. The van der Waals surface area contributed by atoms with Crippen LogP contribution in [0.1, 0.15) is 0 Å². The van der Waals surface area contributed by atoms with Gasteiger partial charge in [0, 0.05) is 17.0 Å². The van der Waals surface area contributed by atoms with Crippen molar-refractivity contribution in [2.24, 2.45) is 0 Å². The predicted molar refractivity (Wildman–Crippen MR) is 65.5 cm³/mol. The average Bonchev–Trinajstić information content (AvgIpc) is 2.25. The van der Waals surface area contributed by atoms with Crippen molar-refractivity contribution in [3.63, 3.8) is 0 Å². The summed E-state index contributed by atoms with van der Waals surface area (Å²) in [5.74, 6) is -0.522. The minimum absolute atomic E-state index is 0. The Hall–Kier alpha value is -1.51. The van der Waals surface area contributed by atoms with E-state index in [1.165, 1.54) is 18.3 Å². The summed E-state index contributed by atoms with van der Waals surface area (Å²) < 4.78 is 40.1.